The quantitative estimate of drug-likeness (QED) is 0.141. The Morgan fingerprint density at radius 1 is 0.978 bits per heavy atom. The summed E-state index contributed by atoms with van der Waals surface area (Å²) in [4.78, 5) is 73.2. The van der Waals surface area contributed by atoms with Gasteiger partial charge in [-0.05, 0) is 47.7 Å². The highest BCUT2D eigenvalue weighted by molar-refractivity contribution is 8.04. The van der Waals surface area contributed by atoms with Crippen molar-refractivity contribution >= 4 is 64.7 Å². The molecule has 0 radical (unpaired) electrons. The molecule has 0 aliphatic carbocycles. The number of para-hydroxylation sites is 1. The van der Waals surface area contributed by atoms with Crippen LogP contribution in [0.1, 0.15) is 41.3 Å². The highest BCUT2D eigenvalue weighted by atomic mass is 32.2. The molecular formula is C32H35N4O8PS. The monoisotopic (exact) mass is 666 g/mol. The minimum Gasteiger partial charge on any atom is -0.451 e. The van der Waals surface area contributed by atoms with Crippen molar-refractivity contribution in [1.29, 1.82) is 0 Å². The van der Waals surface area contributed by atoms with Crippen LogP contribution < -0.4 is 16.4 Å². The number of furan rings is 1. The lowest BCUT2D eigenvalue weighted by Crippen LogP contribution is -2.58. The van der Waals surface area contributed by atoms with Gasteiger partial charge in [0.15, 0.2) is 5.76 Å². The zero-order valence-corrected chi connectivity index (χ0v) is 26.5. The number of amides is 4. The van der Waals surface area contributed by atoms with E-state index < -0.39 is 54.7 Å². The highest BCUT2D eigenvalue weighted by Crippen LogP contribution is 2.39. The van der Waals surface area contributed by atoms with Crippen molar-refractivity contribution in [2.24, 2.45) is 5.73 Å². The van der Waals surface area contributed by atoms with Crippen molar-refractivity contribution in [3.8, 4) is 0 Å². The predicted molar refractivity (Wildman–Crippen MR) is 175 cm³/mol. The maximum absolute atomic E-state index is 13.9. The molecule has 12 nitrogen and oxygen atoms in total. The molecule has 3 unspecified atom stereocenters. The minimum absolute atomic E-state index is 0.0295. The normalized spacial score (nSPS) is 16.6. The minimum atomic E-state index is -4.39. The number of fused-ring (bicyclic) bond motifs is 2. The fourth-order valence-electron chi connectivity index (χ4n) is 5.58. The third-order valence-corrected chi connectivity index (χ3v) is 10.5. The molecule has 46 heavy (non-hydrogen) atoms. The number of rotatable bonds is 12. The zero-order valence-electron chi connectivity index (χ0n) is 24.8. The van der Waals surface area contributed by atoms with Crippen molar-refractivity contribution < 1.29 is 37.9 Å². The lowest BCUT2D eigenvalue weighted by atomic mass is 9.95. The Kier molecular flexibility index (Phi) is 10.5. The van der Waals surface area contributed by atoms with Crippen LogP contribution in [0.25, 0.3) is 21.7 Å². The number of nitrogens with zero attached hydrogens (tertiary/aromatic N) is 1. The number of carbonyl (C=O) groups excluding carboxylic acids is 4. The first-order chi connectivity index (χ1) is 22.0. The number of primary amides is 1. The summed E-state index contributed by atoms with van der Waals surface area (Å²) in [5, 5.41) is 8.07. The van der Waals surface area contributed by atoms with Gasteiger partial charge in [-0.25, -0.2) is 0 Å². The Morgan fingerprint density at radius 3 is 2.41 bits per heavy atom. The van der Waals surface area contributed by atoms with Crippen LogP contribution in [0.4, 0.5) is 0 Å². The summed E-state index contributed by atoms with van der Waals surface area (Å²) in [6, 6.07) is 19.7. The summed E-state index contributed by atoms with van der Waals surface area (Å²) in [5.41, 5.74) is 6.31. The first-order valence-corrected chi connectivity index (χ1v) is 17.7. The zero-order chi connectivity index (χ0) is 32.8. The molecule has 1 saturated heterocycles. The number of carbonyl (C=O) groups is 4. The Morgan fingerprint density at radius 2 is 1.70 bits per heavy atom. The fourth-order valence-corrected chi connectivity index (χ4v) is 7.42. The van der Waals surface area contributed by atoms with E-state index in [-0.39, 0.29) is 24.6 Å². The van der Waals surface area contributed by atoms with E-state index in [2.05, 4.69) is 10.6 Å². The van der Waals surface area contributed by atoms with Crippen molar-refractivity contribution in [3.05, 3.63) is 84.1 Å². The number of nitrogens with two attached hydrogens (primary N) is 1. The fraction of sp³-hybridized carbons (Fsp3) is 0.312. The molecule has 0 spiro atoms. The van der Waals surface area contributed by atoms with Gasteiger partial charge in [0.05, 0.1) is 11.4 Å². The standard InChI is InChI=1S/C32H35N4O8PS/c33-29(37)24(22-13-12-20-7-1-2-8-21(20)15-22)17-34-30(38)26-10-5-6-14-36(26)32(40)25(18-46-19-45(41,42)43)35-31(39)28-16-23-9-3-4-11-27(23)44-28/h1-4,7-9,11-13,15-16,24-26H,5-6,10,14,17-19H2,(H2,33,37)(H,34,38)(H,35,39)(H2,41,42,43). The second-order valence-electron chi connectivity index (χ2n) is 11.2. The molecule has 3 aromatic carbocycles. The second-order valence-corrected chi connectivity index (χ2v) is 14.3. The first-order valence-electron chi connectivity index (χ1n) is 14.8. The van der Waals surface area contributed by atoms with Gasteiger partial charge in [0.25, 0.3) is 5.91 Å². The number of hydrogen-bond acceptors (Lipinski definition) is 7. The number of nitrogens with one attached hydrogen (secondary N) is 2. The highest BCUT2D eigenvalue weighted by Gasteiger charge is 2.37. The van der Waals surface area contributed by atoms with Gasteiger partial charge in [-0.15, -0.1) is 11.8 Å². The van der Waals surface area contributed by atoms with E-state index in [0.29, 0.717) is 35.8 Å². The summed E-state index contributed by atoms with van der Waals surface area (Å²) < 4.78 is 17.1. The van der Waals surface area contributed by atoms with Gasteiger partial charge in [0, 0.05) is 24.2 Å². The van der Waals surface area contributed by atoms with Gasteiger partial charge in [-0.2, -0.15) is 0 Å². The van der Waals surface area contributed by atoms with E-state index in [1.165, 1.54) is 11.0 Å². The Labute approximate surface area is 269 Å². The van der Waals surface area contributed by atoms with E-state index in [9.17, 15) is 33.5 Å². The van der Waals surface area contributed by atoms with E-state index in [4.69, 9.17) is 10.2 Å². The molecule has 4 aromatic rings. The molecule has 1 fully saturated rings. The van der Waals surface area contributed by atoms with Gasteiger partial charge in [-0.1, -0.05) is 60.7 Å². The maximum atomic E-state index is 13.9. The summed E-state index contributed by atoms with van der Waals surface area (Å²) in [7, 11) is -4.39. The molecule has 0 bridgehead atoms. The van der Waals surface area contributed by atoms with Crippen LogP contribution in [0.2, 0.25) is 0 Å². The molecule has 0 saturated carbocycles. The molecule has 3 atom stereocenters. The van der Waals surface area contributed by atoms with Crippen molar-refractivity contribution in [2.45, 2.75) is 37.3 Å². The second kappa shape index (κ2) is 14.5. The smallest absolute Gasteiger partial charge is 0.335 e. The van der Waals surface area contributed by atoms with Crippen LogP contribution in [0, 0.1) is 0 Å². The molecule has 1 aliphatic rings. The summed E-state index contributed by atoms with van der Waals surface area (Å²) >= 11 is 0.820. The average molecular weight is 667 g/mol. The third kappa shape index (κ3) is 8.16. The summed E-state index contributed by atoms with van der Waals surface area (Å²) in [6.07, 6.45) is 1.65. The molecule has 2 heterocycles. The number of benzene rings is 3. The average Bonchev–Trinajstić information content (AvgIpc) is 3.48. The number of likely N-dealkylation sites (tertiary alicyclic amines) is 1. The van der Waals surface area contributed by atoms with Crippen molar-refractivity contribution in [3.63, 3.8) is 0 Å². The predicted octanol–water partition coefficient (Wildman–Crippen LogP) is 3.32. The Balaban J connectivity index is 1.31. The van der Waals surface area contributed by atoms with E-state index >= 15 is 0 Å². The molecule has 242 valence electrons. The number of hydrogen-bond donors (Lipinski definition) is 5. The van der Waals surface area contributed by atoms with Gasteiger partial charge in [0.2, 0.25) is 17.7 Å². The molecule has 14 heteroatoms. The maximum Gasteiger partial charge on any atom is 0.335 e. The van der Waals surface area contributed by atoms with Crippen molar-refractivity contribution in [2.75, 3.05) is 24.3 Å². The molecule has 1 aromatic heterocycles. The van der Waals surface area contributed by atoms with Gasteiger partial charge < -0.3 is 35.5 Å². The Hall–Kier alpha value is -4.16. The summed E-state index contributed by atoms with van der Waals surface area (Å²) in [5.74, 6) is -3.30. The van der Waals surface area contributed by atoms with E-state index in [1.807, 2.05) is 36.4 Å². The van der Waals surface area contributed by atoms with Crippen LogP contribution in [0.5, 0.6) is 0 Å². The SMILES string of the molecule is NC(=O)C(CNC(=O)C1CCCCN1C(=O)C(CSCP(=O)(O)O)NC(=O)c1cc2ccccc2o1)c1ccc2ccccc2c1. The van der Waals surface area contributed by atoms with Crippen molar-refractivity contribution in [1.82, 2.24) is 15.5 Å². The van der Waals surface area contributed by atoms with Crippen LogP contribution >= 0.6 is 19.4 Å². The molecular weight excluding hydrogens is 631 g/mol. The topological polar surface area (TPSA) is 192 Å². The van der Waals surface area contributed by atoms with E-state index in [0.717, 1.165) is 22.5 Å². The molecule has 6 N–H and O–H groups in total. The molecule has 4 amide bonds. The van der Waals surface area contributed by atoms with E-state index in [1.54, 1.807) is 30.3 Å². The van der Waals surface area contributed by atoms with Gasteiger partial charge in [-0.3, -0.25) is 23.7 Å². The van der Waals surface area contributed by atoms with Gasteiger partial charge >= 0.3 is 7.60 Å². The first kappa shape index (κ1) is 33.2. The van der Waals surface area contributed by atoms with Crippen LogP contribution in [-0.2, 0) is 18.9 Å². The Bertz CT molecular complexity index is 1770. The largest absolute Gasteiger partial charge is 0.451 e. The number of piperidine rings is 1. The van der Waals surface area contributed by atoms with Crippen LogP contribution in [0.3, 0.4) is 0 Å². The van der Waals surface area contributed by atoms with Gasteiger partial charge in [0.1, 0.15) is 17.7 Å². The van der Waals surface area contributed by atoms with Crippen LogP contribution in [0.15, 0.2) is 77.2 Å². The lowest BCUT2D eigenvalue weighted by Gasteiger charge is -2.37. The molecule has 1 aliphatic heterocycles. The lowest BCUT2D eigenvalue weighted by molar-refractivity contribution is -0.143. The summed E-state index contributed by atoms with van der Waals surface area (Å²) in [6.45, 7) is 0.163. The number of thioether (sulfide) groups is 1. The van der Waals surface area contributed by atoms with Crippen LogP contribution in [-0.4, -0.2) is 74.7 Å². The third-order valence-electron chi connectivity index (χ3n) is 7.88. The molecule has 5 rings (SSSR count).